The largest absolute Gasteiger partial charge is 0.372 e. The Morgan fingerprint density at radius 1 is 1.19 bits per heavy atom. The Bertz CT molecular complexity index is 639. The molecular weight excluding hydrogens is 264 g/mol. The van der Waals surface area contributed by atoms with E-state index in [1.807, 2.05) is 12.1 Å². The fourth-order valence-corrected chi connectivity index (χ4v) is 2.72. The van der Waals surface area contributed by atoms with Crippen molar-refractivity contribution in [3.63, 3.8) is 0 Å². The highest BCUT2D eigenvalue weighted by Crippen LogP contribution is 2.29. The maximum absolute atomic E-state index is 12.3. The highest BCUT2D eigenvalue weighted by molar-refractivity contribution is 5.92. The molecule has 1 unspecified atom stereocenters. The zero-order valence-electron chi connectivity index (χ0n) is 12.0. The Balaban J connectivity index is 1.76. The third-order valence-corrected chi connectivity index (χ3v) is 3.83. The van der Waals surface area contributed by atoms with Crippen molar-refractivity contribution in [1.82, 2.24) is 15.5 Å². The Labute approximate surface area is 123 Å². The molecule has 1 aliphatic carbocycles. The second-order valence-corrected chi connectivity index (χ2v) is 5.17. The molecule has 5 heteroatoms. The van der Waals surface area contributed by atoms with Crippen LogP contribution in [0, 0.1) is 0 Å². The fourth-order valence-electron chi connectivity index (χ4n) is 2.72. The number of rotatable bonds is 3. The molecule has 0 fully saturated rings. The van der Waals surface area contributed by atoms with E-state index in [1.165, 1.54) is 11.1 Å². The lowest BCUT2D eigenvalue weighted by atomic mass is 9.87. The summed E-state index contributed by atoms with van der Waals surface area (Å²) in [5.41, 5.74) is 2.89. The Morgan fingerprint density at radius 2 is 2.05 bits per heavy atom. The molecule has 1 heterocycles. The third-order valence-electron chi connectivity index (χ3n) is 3.83. The predicted octanol–water partition coefficient (Wildman–Crippen LogP) is 2.33. The van der Waals surface area contributed by atoms with E-state index in [9.17, 15) is 4.79 Å². The quantitative estimate of drug-likeness (QED) is 0.906. The number of amides is 1. The van der Waals surface area contributed by atoms with Gasteiger partial charge in [-0.25, -0.2) is 0 Å². The molecule has 1 atom stereocenters. The maximum Gasteiger partial charge on any atom is 0.272 e. The van der Waals surface area contributed by atoms with Crippen LogP contribution in [0.1, 0.15) is 40.5 Å². The van der Waals surface area contributed by atoms with Gasteiger partial charge in [0.05, 0.1) is 6.04 Å². The lowest BCUT2D eigenvalue weighted by Gasteiger charge is -2.26. The van der Waals surface area contributed by atoms with Crippen LogP contribution >= 0.6 is 0 Å². The van der Waals surface area contributed by atoms with Crippen molar-refractivity contribution >= 4 is 11.7 Å². The summed E-state index contributed by atoms with van der Waals surface area (Å²) in [7, 11) is 1.77. The van der Waals surface area contributed by atoms with Crippen LogP contribution in [0.4, 0.5) is 5.82 Å². The van der Waals surface area contributed by atoms with E-state index in [2.05, 4.69) is 33.0 Å². The number of benzene rings is 1. The van der Waals surface area contributed by atoms with E-state index in [0.717, 1.165) is 19.3 Å². The number of carbonyl (C=O) groups excluding carboxylic acids is 1. The zero-order chi connectivity index (χ0) is 14.7. The van der Waals surface area contributed by atoms with E-state index in [-0.39, 0.29) is 11.9 Å². The number of anilines is 1. The normalized spacial score (nSPS) is 16.9. The van der Waals surface area contributed by atoms with E-state index in [0.29, 0.717) is 11.5 Å². The molecule has 5 nitrogen and oxygen atoms in total. The van der Waals surface area contributed by atoms with Crippen molar-refractivity contribution < 1.29 is 4.79 Å². The highest BCUT2D eigenvalue weighted by atomic mass is 16.2. The van der Waals surface area contributed by atoms with Crippen LogP contribution in [0.25, 0.3) is 0 Å². The molecule has 2 aromatic rings. The summed E-state index contributed by atoms with van der Waals surface area (Å²) in [5, 5.41) is 13.8. The molecular formula is C16H18N4O. The summed E-state index contributed by atoms with van der Waals surface area (Å²) in [6.07, 6.45) is 3.14. The SMILES string of the molecule is CNc1ccc(C(=O)NC2CCCc3ccccc32)nn1. The highest BCUT2D eigenvalue weighted by Gasteiger charge is 2.22. The summed E-state index contributed by atoms with van der Waals surface area (Å²) in [6, 6.07) is 11.8. The molecule has 0 bridgehead atoms. The molecule has 0 saturated heterocycles. The summed E-state index contributed by atoms with van der Waals surface area (Å²) in [5.74, 6) is 0.474. The predicted molar refractivity (Wildman–Crippen MR) is 81.2 cm³/mol. The minimum atomic E-state index is -0.174. The number of hydrogen-bond donors (Lipinski definition) is 2. The maximum atomic E-state index is 12.3. The van der Waals surface area contributed by atoms with Crippen molar-refractivity contribution in [2.24, 2.45) is 0 Å². The number of hydrogen-bond acceptors (Lipinski definition) is 4. The Hall–Kier alpha value is -2.43. The van der Waals surface area contributed by atoms with Crippen molar-refractivity contribution in [3.8, 4) is 0 Å². The first-order valence-corrected chi connectivity index (χ1v) is 7.18. The van der Waals surface area contributed by atoms with Crippen molar-refractivity contribution in [3.05, 3.63) is 53.2 Å². The second-order valence-electron chi connectivity index (χ2n) is 5.17. The molecule has 0 aliphatic heterocycles. The standard InChI is InChI=1S/C16H18N4O/c1-17-15-10-9-14(19-20-15)16(21)18-13-8-4-6-11-5-2-3-7-12(11)13/h2-3,5,7,9-10,13H,4,6,8H2,1H3,(H,17,20)(H,18,21). The van der Waals surface area contributed by atoms with Crippen LogP contribution < -0.4 is 10.6 Å². The number of aromatic nitrogens is 2. The van der Waals surface area contributed by atoms with Gasteiger partial charge in [0, 0.05) is 7.05 Å². The first-order chi connectivity index (χ1) is 10.3. The van der Waals surface area contributed by atoms with E-state index in [1.54, 1.807) is 19.2 Å². The summed E-state index contributed by atoms with van der Waals surface area (Å²) in [4.78, 5) is 12.3. The van der Waals surface area contributed by atoms with E-state index in [4.69, 9.17) is 0 Å². The van der Waals surface area contributed by atoms with Crippen molar-refractivity contribution in [1.29, 1.82) is 0 Å². The lowest BCUT2D eigenvalue weighted by molar-refractivity contribution is 0.0926. The molecule has 1 aliphatic rings. The van der Waals surface area contributed by atoms with Crippen LogP contribution in [0.3, 0.4) is 0 Å². The van der Waals surface area contributed by atoms with Gasteiger partial charge < -0.3 is 10.6 Å². The minimum absolute atomic E-state index is 0.0632. The number of carbonyl (C=O) groups is 1. The topological polar surface area (TPSA) is 66.9 Å². The van der Waals surface area contributed by atoms with Gasteiger partial charge in [-0.2, -0.15) is 0 Å². The molecule has 21 heavy (non-hydrogen) atoms. The van der Waals surface area contributed by atoms with Crippen LogP contribution in [-0.4, -0.2) is 23.2 Å². The molecule has 3 rings (SSSR count). The number of aryl methyl sites for hydroxylation is 1. The molecule has 0 saturated carbocycles. The van der Waals surface area contributed by atoms with Crippen LogP contribution in [0.15, 0.2) is 36.4 Å². The molecule has 0 radical (unpaired) electrons. The van der Waals surface area contributed by atoms with E-state index < -0.39 is 0 Å². The summed E-state index contributed by atoms with van der Waals surface area (Å²) >= 11 is 0. The molecule has 108 valence electrons. The van der Waals surface area contributed by atoms with Crippen LogP contribution in [0.2, 0.25) is 0 Å². The average molecular weight is 282 g/mol. The molecule has 1 aromatic heterocycles. The van der Waals surface area contributed by atoms with Gasteiger partial charge in [-0.3, -0.25) is 4.79 Å². The minimum Gasteiger partial charge on any atom is -0.372 e. The third kappa shape index (κ3) is 2.86. The van der Waals surface area contributed by atoms with Crippen molar-refractivity contribution in [2.45, 2.75) is 25.3 Å². The summed E-state index contributed by atoms with van der Waals surface area (Å²) < 4.78 is 0. The second kappa shape index (κ2) is 5.91. The molecule has 1 aromatic carbocycles. The number of fused-ring (bicyclic) bond motifs is 1. The zero-order valence-corrected chi connectivity index (χ0v) is 12.0. The van der Waals surface area contributed by atoms with Crippen LogP contribution in [-0.2, 0) is 6.42 Å². The summed E-state index contributed by atoms with van der Waals surface area (Å²) in [6.45, 7) is 0. The van der Waals surface area contributed by atoms with Gasteiger partial charge in [0.15, 0.2) is 5.69 Å². The molecule has 2 N–H and O–H groups in total. The van der Waals surface area contributed by atoms with Gasteiger partial charge in [0.2, 0.25) is 0 Å². The number of nitrogens with zero attached hydrogens (tertiary/aromatic N) is 2. The van der Waals surface area contributed by atoms with Crippen LogP contribution in [0.5, 0.6) is 0 Å². The van der Waals surface area contributed by atoms with Gasteiger partial charge in [0.25, 0.3) is 5.91 Å². The first kappa shape index (κ1) is 13.5. The molecule has 0 spiro atoms. The average Bonchev–Trinajstić information content (AvgIpc) is 2.55. The van der Waals surface area contributed by atoms with Gasteiger partial charge in [-0.1, -0.05) is 24.3 Å². The van der Waals surface area contributed by atoms with Gasteiger partial charge in [-0.05, 0) is 42.5 Å². The Morgan fingerprint density at radius 3 is 2.81 bits per heavy atom. The Kier molecular flexibility index (Phi) is 3.81. The molecule has 1 amide bonds. The smallest absolute Gasteiger partial charge is 0.272 e. The van der Waals surface area contributed by atoms with Gasteiger partial charge >= 0.3 is 0 Å². The monoisotopic (exact) mass is 282 g/mol. The van der Waals surface area contributed by atoms with E-state index >= 15 is 0 Å². The number of nitrogens with one attached hydrogen (secondary N) is 2. The van der Waals surface area contributed by atoms with Gasteiger partial charge in [0.1, 0.15) is 5.82 Å². The van der Waals surface area contributed by atoms with Crippen molar-refractivity contribution in [2.75, 3.05) is 12.4 Å². The first-order valence-electron chi connectivity index (χ1n) is 7.18. The lowest BCUT2D eigenvalue weighted by Crippen LogP contribution is -2.31. The van der Waals surface area contributed by atoms with Gasteiger partial charge in [-0.15, -0.1) is 10.2 Å². The fraction of sp³-hybridized carbons (Fsp3) is 0.312.